The van der Waals surface area contributed by atoms with Gasteiger partial charge in [0.1, 0.15) is 0 Å². The first-order valence-electron chi connectivity index (χ1n) is 8.70. The molecule has 1 unspecified atom stereocenters. The molecule has 3 aromatic rings. The molecule has 0 saturated carbocycles. The highest BCUT2D eigenvalue weighted by Gasteiger charge is 2.30. The smallest absolute Gasteiger partial charge is 0.274 e. The number of aromatic nitrogens is 3. The van der Waals surface area contributed by atoms with Crippen LogP contribution < -0.4 is 5.32 Å². The first-order valence-corrected chi connectivity index (χ1v) is 9.58. The molecular formula is C19H21N5O3S. The number of carbonyl (C=O) groups excluding carboxylic acids is 1. The highest BCUT2D eigenvalue weighted by atomic mass is 32.1. The van der Waals surface area contributed by atoms with Crippen molar-refractivity contribution in [2.75, 3.05) is 0 Å². The molecule has 0 radical (unpaired) electrons. The van der Waals surface area contributed by atoms with Crippen LogP contribution in [0.25, 0.3) is 5.69 Å². The summed E-state index contributed by atoms with van der Waals surface area (Å²) in [6.07, 6.45) is 0. The molecule has 1 amide bonds. The monoisotopic (exact) mass is 399 g/mol. The van der Waals surface area contributed by atoms with Crippen LogP contribution in [0.2, 0.25) is 0 Å². The van der Waals surface area contributed by atoms with Crippen LogP contribution in [0.15, 0.2) is 41.8 Å². The van der Waals surface area contributed by atoms with Crippen LogP contribution in [0.4, 0.5) is 5.69 Å². The third kappa shape index (κ3) is 3.94. The Kier molecular flexibility index (Phi) is 5.28. The van der Waals surface area contributed by atoms with Crippen molar-refractivity contribution < 1.29 is 9.72 Å². The maximum Gasteiger partial charge on any atom is 0.274 e. The molecular weight excluding hydrogens is 378 g/mol. The van der Waals surface area contributed by atoms with E-state index in [2.05, 4.69) is 36.4 Å². The van der Waals surface area contributed by atoms with Crippen molar-refractivity contribution in [1.29, 1.82) is 0 Å². The predicted molar refractivity (Wildman–Crippen MR) is 107 cm³/mol. The number of nitro benzene ring substituents is 1. The van der Waals surface area contributed by atoms with Crippen molar-refractivity contribution in [3.8, 4) is 5.69 Å². The lowest BCUT2D eigenvalue weighted by Gasteiger charge is -2.30. The summed E-state index contributed by atoms with van der Waals surface area (Å²) >= 11 is 1.59. The lowest BCUT2D eigenvalue weighted by molar-refractivity contribution is -0.384. The maximum absolute atomic E-state index is 12.9. The third-order valence-corrected chi connectivity index (χ3v) is 5.30. The maximum atomic E-state index is 12.9. The van der Waals surface area contributed by atoms with Gasteiger partial charge in [-0.15, -0.1) is 16.4 Å². The van der Waals surface area contributed by atoms with Gasteiger partial charge in [-0.3, -0.25) is 14.9 Å². The Labute approximate surface area is 166 Å². The SMILES string of the molecule is Cc1c(C(=O)NC(c2cccs2)C(C)(C)C)nnn1-c1cccc([N+](=O)[O-])c1. The van der Waals surface area contributed by atoms with Crippen molar-refractivity contribution in [2.45, 2.75) is 33.7 Å². The van der Waals surface area contributed by atoms with Gasteiger partial charge in [0.25, 0.3) is 11.6 Å². The van der Waals surface area contributed by atoms with Crippen LogP contribution in [0, 0.1) is 22.5 Å². The fourth-order valence-electron chi connectivity index (χ4n) is 2.89. The van der Waals surface area contributed by atoms with Crippen LogP contribution in [-0.4, -0.2) is 25.8 Å². The topological polar surface area (TPSA) is 103 Å². The summed E-state index contributed by atoms with van der Waals surface area (Å²) in [4.78, 5) is 24.5. The number of thiophene rings is 1. The molecule has 0 fully saturated rings. The van der Waals surface area contributed by atoms with Crippen molar-refractivity contribution in [2.24, 2.45) is 5.41 Å². The minimum Gasteiger partial charge on any atom is -0.342 e. The number of rotatable bonds is 5. The van der Waals surface area contributed by atoms with Crippen molar-refractivity contribution >= 4 is 22.9 Å². The first-order chi connectivity index (χ1) is 13.2. The molecule has 0 spiro atoms. The second-order valence-electron chi connectivity index (χ2n) is 7.50. The Morgan fingerprint density at radius 2 is 2.04 bits per heavy atom. The Bertz CT molecular complexity index is 1010. The molecule has 1 aromatic carbocycles. The van der Waals surface area contributed by atoms with Gasteiger partial charge in [0.05, 0.1) is 22.3 Å². The third-order valence-electron chi connectivity index (χ3n) is 4.36. The van der Waals surface area contributed by atoms with Crippen LogP contribution >= 0.6 is 11.3 Å². The number of nitrogens with zero attached hydrogens (tertiary/aromatic N) is 4. The second kappa shape index (κ2) is 7.51. The predicted octanol–water partition coefficient (Wildman–Crippen LogP) is 4.06. The zero-order valence-electron chi connectivity index (χ0n) is 16.0. The molecule has 2 aromatic heterocycles. The number of hydrogen-bond acceptors (Lipinski definition) is 6. The molecule has 1 N–H and O–H groups in total. The van der Waals surface area contributed by atoms with E-state index in [0.29, 0.717) is 11.4 Å². The fourth-order valence-corrected chi connectivity index (χ4v) is 3.91. The van der Waals surface area contributed by atoms with Crippen LogP contribution in [0.3, 0.4) is 0 Å². The number of non-ortho nitro benzene ring substituents is 1. The Balaban J connectivity index is 1.90. The summed E-state index contributed by atoms with van der Waals surface area (Å²) < 4.78 is 1.43. The van der Waals surface area contributed by atoms with E-state index in [-0.39, 0.29) is 28.7 Å². The zero-order chi connectivity index (χ0) is 20.5. The van der Waals surface area contributed by atoms with Gasteiger partial charge in [-0.25, -0.2) is 4.68 Å². The molecule has 0 saturated heterocycles. The summed E-state index contributed by atoms with van der Waals surface area (Å²) in [5.41, 5.74) is 0.937. The van der Waals surface area contributed by atoms with E-state index in [1.807, 2.05) is 17.5 Å². The van der Waals surface area contributed by atoms with Crippen LogP contribution in [-0.2, 0) is 0 Å². The lowest BCUT2D eigenvalue weighted by atomic mass is 9.85. The number of hydrogen-bond donors (Lipinski definition) is 1. The zero-order valence-corrected chi connectivity index (χ0v) is 16.9. The highest BCUT2D eigenvalue weighted by Crippen LogP contribution is 2.35. The van der Waals surface area contributed by atoms with E-state index in [1.54, 1.807) is 30.4 Å². The van der Waals surface area contributed by atoms with E-state index >= 15 is 0 Å². The standard InChI is InChI=1S/C19H21N5O3S/c1-12-16(18(25)20-17(19(2,3)4)15-9-6-10-28-15)21-22-23(12)13-7-5-8-14(11-13)24(26)27/h5-11,17H,1-4H3,(H,20,25). The van der Waals surface area contributed by atoms with Crippen LogP contribution in [0.1, 0.15) is 47.9 Å². The van der Waals surface area contributed by atoms with Gasteiger partial charge in [0.2, 0.25) is 0 Å². The van der Waals surface area contributed by atoms with E-state index in [1.165, 1.54) is 16.8 Å². The summed E-state index contributed by atoms with van der Waals surface area (Å²) in [7, 11) is 0. The molecule has 2 heterocycles. The molecule has 0 aliphatic heterocycles. The largest absolute Gasteiger partial charge is 0.342 e. The van der Waals surface area contributed by atoms with Crippen LogP contribution in [0.5, 0.6) is 0 Å². The van der Waals surface area contributed by atoms with E-state index in [4.69, 9.17) is 0 Å². The molecule has 3 rings (SSSR count). The molecule has 28 heavy (non-hydrogen) atoms. The van der Waals surface area contributed by atoms with Gasteiger partial charge in [-0.2, -0.15) is 0 Å². The normalized spacial score (nSPS) is 12.6. The molecule has 0 aliphatic rings. The molecule has 9 heteroatoms. The second-order valence-corrected chi connectivity index (χ2v) is 8.48. The number of carbonyl (C=O) groups is 1. The van der Waals surface area contributed by atoms with Crippen molar-refractivity contribution in [1.82, 2.24) is 20.3 Å². The quantitative estimate of drug-likeness (QED) is 0.515. The average molecular weight is 399 g/mol. The van der Waals surface area contributed by atoms with E-state index in [0.717, 1.165) is 4.88 Å². The summed E-state index contributed by atoms with van der Waals surface area (Å²) in [6, 6.07) is 9.82. The molecule has 0 aliphatic carbocycles. The van der Waals surface area contributed by atoms with Gasteiger partial charge in [-0.05, 0) is 29.9 Å². The number of benzene rings is 1. The van der Waals surface area contributed by atoms with Gasteiger partial charge in [0, 0.05) is 17.0 Å². The molecule has 1 atom stereocenters. The number of amides is 1. The fraction of sp³-hybridized carbons (Fsp3) is 0.316. The van der Waals surface area contributed by atoms with E-state index < -0.39 is 4.92 Å². The number of nitrogens with one attached hydrogen (secondary N) is 1. The minimum absolute atomic E-state index is 0.0520. The molecule has 146 valence electrons. The Hall–Kier alpha value is -3.07. The Morgan fingerprint density at radius 3 is 2.64 bits per heavy atom. The van der Waals surface area contributed by atoms with Gasteiger partial charge in [0.15, 0.2) is 5.69 Å². The summed E-state index contributed by atoms with van der Waals surface area (Å²) in [6.45, 7) is 7.89. The van der Waals surface area contributed by atoms with E-state index in [9.17, 15) is 14.9 Å². The molecule has 0 bridgehead atoms. The van der Waals surface area contributed by atoms with Crippen molar-refractivity contribution in [3.63, 3.8) is 0 Å². The van der Waals surface area contributed by atoms with Gasteiger partial charge >= 0.3 is 0 Å². The summed E-state index contributed by atoms with van der Waals surface area (Å²) in [5.74, 6) is -0.331. The average Bonchev–Trinajstić information content (AvgIpc) is 3.28. The van der Waals surface area contributed by atoms with Gasteiger partial charge in [-0.1, -0.05) is 38.1 Å². The number of nitro groups is 1. The first kappa shape index (κ1) is 19.7. The van der Waals surface area contributed by atoms with Crippen molar-refractivity contribution in [3.05, 3.63) is 68.2 Å². The highest BCUT2D eigenvalue weighted by molar-refractivity contribution is 7.10. The van der Waals surface area contributed by atoms with Gasteiger partial charge < -0.3 is 5.32 Å². The summed E-state index contributed by atoms with van der Waals surface area (Å²) in [5, 5.41) is 24.1. The Morgan fingerprint density at radius 1 is 1.29 bits per heavy atom. The lowest BCUT2D eigenvalue weighted by Crippen LogP contribution is -2.36. The molecule has 8 nitrogen and oxygen atoms in total. The minimum atomic E-state index is -0.474.